The number of hydrogen-bond acceptors (Lipinski definition) is 4. The van der Waals surface area contributed by atoms with Crippen LogP contribution in [0.15, 0.2) is 24.3 Å². The summed E-state index contributed by atoms with van der Waals surface area (Å²) in [4.78, 5) is 24.8. The zero-order chi connectivity index (χ0) is 14.5. The standard InChI is InChI=1S/C14H19N3O3/c1-11(16-9-5-2-6-10-16)14(18)15-12-7-3-4-8-13(12)17(19)20/h3-4,7-8,11H,2,5-6,9-10H2,1H3,(H,15,18)/t11-/m0/s1. The van der Waals surface area contributed by atoms with Crippen LogP contribution in [0.3, 0.4) is 0 Å². The maximum absolute atomic E-state index is 12.2. The molecule has 0 aromatic heterocycles. The van der Waals surface area contributed by atoms with Gasteiger partial charge in [0.2, 0.25) is 5.91 Å². The molecule has 1 aliphatic heterocycles. The molecule has 1 N–H and O–H groups in total. The number of para-hydroxylation sites is 2. The second kappa shape index (κ2) is 6.47. The third-order valence-electron chi connectivity index (χ3n) is 3.68. The van der Waals surface area contributed by atoms with Gasteiger partial charge in [0, 0.05) is 6.07 Å². The lowest BCUT2D eigenvalue weighted by Gasteiger charge is -2.31. The maximum Gasteiger partial charge on any atom is 0.292 e. The van der Waals surface area contributed by atoms with Crippen LogP contribution in [-0.2, 0) is 4.79 Å². The maximum atomic E-state index is 12.2. The van der Waals surface area contributed by atoms with Gasteiger partial charge in [0.1, 0.15) is 5.69 Å². The summed E-state index contributed by atoms with van der Waals surface area (Å²) < 4.78 is 0. The Balaban J connectivity index is 2.05. The molecule has 1 amide bonds. The number of rotatable bonds is 4. The highest BCUT2D eigenvalue weighted by Gasteiger charge is 2.24. The highest BCUT2D eigenvalue weighted by atomic mass is 16.6. The molecule has 0 radical (unpaired) electrons. The number of piperidine rings is 1. The predicted molar refractivity (Wildman–Crippen MR) is 76.6 cm³/mol. The van der Waals surface area contributed by atoms with Crippen LogP contribution in [0, 0.1) is 10.1 Å². The number of likely N-dealkylation sites (tertiary alicyclic amines) is 1. The zero-order valence-electron chi connectivity index (χ0n) is 11.5. The molecule has 1 heterocycles. The molecule has 0 saturated carbocycles. The zero-order valence-corrected chi connectivity index (χ0v) is 11.5. The lowest BCUT2D eigenvalue weighted by molar-refractivity contribution is -0.383. The Hall–Kier alpha value is -1.95. The number of carbonyl (C=O) groups excluding carboxylic acids is 1. The van der Waals surface area contributed by atoms with E-state index in [1.54, 1.807) is 18.2 Å². The Bertz CT molecular complexity index is 498. The van der Waals surface area contributed by atoms with Crippen molar-refractivity contribution in [2.75, 3.05) is 18.4 Å². The van der Waals surface area contributed by atoms with Crippen LogP contribution in [0.5, 0.6) is 0 Å². The predicted octanol–water partition coefficient (Wildman–Crippen LogP) is 2.41. The second-order valence-electron chi connectivity index (χ2n) is 5.04. The van der Waals surface area contributed by atoms with E-state index < -0.39 is 4.92 Å². The molecule has 2 rings (SSSR count). The summed E-state index contributed by atoms with van der Waals surface area (Å²) in [6, 6.07) is 5.94. The Kier molecular flexibility index (Phi) is 4.68. The van der Waals surface area contributed by atoms with Gasteiger partial charge >= 0.3 is 0 Å². The number of anilines is 1. The summed E-state index contributed by atoms with van der Waals surface area (Å²) >= 11 is 0. The summed E-state index contributed by atoms with van der Waals surface area (Å²) in [7, 11) is 0. The molecule has 1 fully saturated rings. The molecule has 0 bridgehead atoms. The SMILES string of the molecule is C[C@@H](C(=O)Nc1ccccc1[N+](=O)[O-])N1CCCCC1. The molecule has 1 saturated heterocycles. The molecular formula is C14H19N3O3. The van der Waals surface area contributed by atoms with Gasteiger partial charge in [0.25, 0.3) is 5.69 Å². The highest BCUT2D eigenvalue weighted by Crippen LogP contribution is 2.23. The molecule has 1 aromatic rings. The third-order valence-corrected chi connectivity index (χ3v) is 3.68. The summed E-state index contributed by atoms with van der Waals surface area (Å²) in [5, 5.41) is 13.6. The van der Waals surface area contributed by atoms with Gasteiger partial charge in [-0.05, 0) is 38.9 Å². The first kappa shape index (κ1) is 14.5. The van der Waals surface area contributed by atoms with Crippen LogP contribution < -0.4 is 5.32 Å². The Morgan fingerprint density at radius 2 is 1.95 bits per heavy atom. The van der Waals surface area contributed by atoms with Crippen molar-refractivity contribution < 1.29 is 9.72 Å². The van der Waals surface area contributed by atoms with E-state index in [1.165, 1.54) is 12.5 Å². The number of carbonyl (C=O) groups is 1. The van der Waals surface area contributed by atoms with Crippen LogP contribution in [0.25, 0.3) is 0 Å². The van der Waals surface area contributed by atoms with Crippen molar-refractivity contribution >= 4 is 17.3 Å². The summed E-state index contributed by atoms with van der Waals surface area (Å²) in [6.07, 6.45) is 3.40. The van der Waals surface area contributed by atoms with E-state index in [9.17, 15) is 14.9 Å². The van der Waals surface area contributed by atoms with Gasteiger partial charge in [-0.3, -0.25) is 19.8 Å². The van der Waals surface area contributed by atoms with Crippen molar-refractivity contribution in [2.45, 2.75) is 32.2 Å². The van der Waals surface area contributed by atoms with Crippen LogP contribution in [0.1, 0.15) is 26.2 Å². The largest absolute Gasteiger partial charge is 0.319 e. The molecule has 108 valence electrons. The normalized spacial score (nSPS) is 17.4. The monoisotopic (exact) mass is 277 g/mol. The number of hydrogen-bond donors (Lipinski definition) is 1. The van der Waals surface area contributed by atoms with Crippen LogP contribution in [0.4, 0.5) is 11.4 Å². The Morgan fingerprint density at radius 1 is 1.30 bits per heavy atom. The van der Waals surface area contributed by atoms with E-state index in [2.05, 4.69) is 10.2 Å². The first-order chi connectivity index (χ1) is 9.59. The van der Waals surface area contributed by atoms with E-state index in [-0.39, 0.29) is 23.3 Å². The quantitative estimate of drug-likeness (QED) is 0.677. The fourth-order valence-electron chi connectivity index (χ4n) is 2.45. The number of benzene rings is 1. The van der Waals surface area contributed by atoms with Gasteiger partial charge < -0.3 is 5.32 Å². The van der Waals surface area contributed by atoms with Gasteiger partial charge in [0.15, 0.2) is 0 Å². The van der Waals surface area contributed by atoms with Crippen molar-refractivity contribution in [3.05, 3.63) is 34.4 Å². The highest BCUT2D eigenvalue weighted by molar-refractivity contribution is 5.96. The summed E-state index contributed by atoms with van der Waals surface area (Å²) in [5.41, 5.74) is 0.179. The molecule has 1 aromatic carbocycles. The summed E-state index contributed by atoms with van der Waals surface area (Å²) in [6.45, 7) is 3.66. The number of nitro benzene ring substituents is 1. The van der Waals surface area contributed by atoms with E-state index in [0.29, 0.717) is 0 Å². The second-order valence-corrected chi connectivity index (χ2v) is 5.04. The van der Waals surface area contributed by atoms with Crippen molar-refractivity contribution in [1.82, 2.24) is 4.90 Å². The minimum absolute atomic E-state index is 0.0771. The average molecular weight is 277 g/mol. The van der Waals surface area contributed by atoms with Gasteiger partial charge in [-0.2, -0.15) is 0 Å². The molecule has 6 nitrogen and oxygen atoms in total. The molecule has 1 aliphatic rings. The minimum Gasteiger partial charge on any atom is -0.319 e. The molecule has 6 heteroatoms. The smallest absolute Gasteiger partial charge is 0.292 e. The van der Waals surface area contributed by atoms with Crippen LogP contribution in [-0.4, -0.2) is 34.9 Å². The molecular weight excluding hydrogens is 258 g/mol. The lowest BCUT2D eigenvalue weighted by Crippen LogP contribution is -2.44. The topological polar surface area (TPSA) is 75.5 Å². The van der Waals surface area contributed by atoms with Gasteiger partial charge in [-0.1, -0.05) is 18.6 Å². The van der Waals surface area contributed by atoms with Gasteiger partial charge in [-0.25, -0.2) is 0 Å². The van der Waals surface area contributed by atoms with E-state index >= 15 is 0 Å². The molecule has 0 aliphatic carbocycles. The molecule has 0 spiro atoms. The Morgan fingerprint density at radius 3 is 2.60 bits per heavy atom. The van der Waals surface area contributed by atoms with E-state index in [4.69, 9.17) is 0 Å². The van der Waals surface area contributed by atoms with Crippen molar-refractivity contribution in [2.24, 2.45) is 0 Å². The average Bonchev–Trinajstić information content (AvgIpc) is 2.47. The minimum atomic E-state index is -0.485. The first-order valence-electron chi connectivity index (χ1n) is 6.88. The number of nitrogens with one attached hydrogen (secondary N) is 1. The van der Waals surface area contributed by atoms with Gasteiger partial charge in [-0.15, -0.1) is 0 Å². The fraction of sp³-hybridized carbons (Fsp3) is 0.500. The van der Waals surface area contributed by atoms with Crippen molar-refractivity contribution in [3.8, 4) is 0 Å². The van der Waals surface area contributed by atoms with Gasteiger partial charge in [0.05, 0.1) is 11.0 Å². The molecule has 1 atom stereocenters. The lowest BCUT2D eigenvalue weighted by atomic mass is 10.1. The fourth-order valence-corrected chi connectivity index (χ4v) is 2.45. The van der Waals surface area contributed by atoms with Crippen molar-refractivity contribution in [3.63, 3.8) is 0 Å². The first-order valence-corrected chi connectivity index (χ1v) is 6.88. The molecule has 0 unspecified atom stereocenters. The third kappa shape index (κ3) is 3.33. The van der Waals surface area contributed by atoms with Crippen LogP contribution >= 0.6 is 0 Å². The van der Waals surface area contributed by atoms with Crippen LogP contribution in [0.2, 0.25) is 0 Å². The Labute approximate surface area is 117 Å². The summed E-state index contributed by atoms with van der Waals surface area (Å²) in [5.74, 6) is -0.193. The number of nitro groups is 1. The van der Waals surface area contributed by atoms with Crippen molar-refractivity contribution in [1.29, 1.82) is 0 Å². The molecule has 20 heavy (non-hydrogen) atoms. The number of amides is 1. The van der Waals surface area contributed by atoms with E-state index in [1.807, 2.05) is 6.92 Å². The van der Waals surface area contributed by atoms with E-state index in [0.717, 1.165) is 25.9 Å². The number of nitrogens with zero attached hydrogens (tertiary/aromatic N) is 2.